The zero-order chi connectivity index (χ0) is 29.2. The first-order valence-corrected chi connectivity index (χ1v) is 13.9. The zero-order valence-corrected chi connectivity index (χ0v) is 24.5. The SMILES string of the molecule is CCOC(=O)c1sc(CC(=O)/C(C#N)=C/c2ccc(OCc3ccccc3C#N)c(Br)c2)c(C(=O)OCC)c1C. The first kappa shape index (κ1) is 30.3. The molecule has 3 aromatic rings. The molecular weight excluding hydrogens is 596 g/mol. The summed E-state index contributed by atoms with van der Waals surface area (Å²) < 4.78 is 16.7. The molecule has 3 rings (SSSR count). The maximum absolute atomic E-state index is 13.2. The lowest BCUT2D eigenvalue weighted by Crippen LogP contribution is -2.12. The van der Waals surface area contributed by atoms with Crippen molar-refractivity contribution in [3.05, 3.63) is 90.1 Å². The number of hydrogen-bond acceptors (Lipinski definition) is 9. The summed E-state index contributed by atoms with van der Waals surface area (Å²) in [7, 11) is 0. The van der Waals surface area contributed by atoms with E-state index in [-0.39, 0.29) is 42.3 Å². The van der Waals surface area contributed by atoms with E-state index in [1.165, 1.54) is 6.08 Å². The normalized spacial score (nSPS) is 10.8. The van der Waals surface area contributed by atoms with E-state index in [1.807, 2.05) is 18.2 Å². The smallest absolute Gasteiger partial charge is 0.348 e. The van der Waals surface area contributed by atoms with Crippen LogP contribution in [-0.4, -0.2) is 30.9 Å². The topological polar surface area (TPSA) is 126 Å². The van der Waals surface area contributed by atoms with Crippen molar-refractivity contribution in [1.82, 2.24) is 0 Å². The lowest BCUT2D eigenvalue weighted by Gasteiger charge is -2.10. The number of hydrogen-bond donors (Lipinski definition) is 0. The standard InChI is InChI=1S/C30H25BrN2O6S/c1-4-37-29(35)27-18(3)28(30(36)38-5-2)40-26(27)14-24(34)22(16-33)12-19-10-11-25(23(31)13-19)39-17-21-9-7-6-8-20(21)15-32/h6-13H,4-5,14,17H2,1-3H3/b22-12+. The number of ketones is 1. The van der Waals surface area contributed by atoms with Crippen molar-refractivity contribution in [2.45, 2.75) is 33.8 Å². The molecular formula is C30H25BrN2O6S. The molecule has 0 unspecified atom stereocenters. The predicted octanol–water partition coefficient (Wildman–Crippen LogP) is 6.34. The van der Waals surface area contributed by atoms with Gasteiger partial charge < -0.3 is 14.2 Å². The van der Waals surface area contributed by atoms with Gasteiger partial charge in [0.15, 0.2) is 5.78 Å². The molecule has 204 valence electrons. The van der Waals surface area contributed by atoms with Crippen LogP contribution < -0.4 is 4.74 Å². The Hall–Kier alpha value is -4.25. The van der Waals surface area contributed by atoms with Crippen LogP contribution in [0.4, 0.5) is 0 Å². The lowest BCUT2D eigenvalue weighted by atomic mass is 10.0. The number of Topliss-reactive ketones (excluding diaryl/α,β-unsaturated/α-hetero) is 1. The Kier molecular flexibility index (Phi) is 10.8. The second-order valence-corrected chi connectivity index (χ2v) is 10.3. The second kappa shape index (κ2) is 14.2. The highest BCUT2D eigenvalue weighted by atomic mass is 79.9. The quantitative estimate of drug-likeness (QED) is 0.138. The number of ether oxygens (including phenoxy) is 3. The molecule has 0 saturated carbocycles. The van der Waals surface area contributed by atoms with E-state index in [9.17, 15) is 24.9 Å². The predicted molar refractivity (Wildman–Crippen MR) is 153 cm³/mol. The van der Waals surface area contributed by atoms with Crippen LogP contribution in [0.15, 0.2) is 52.5 Å². The van der Waals surface area contributed by atoms with Gasteiger partial charge in [0.1, 0.15) is 23.3 Å². The fraction of sp³-hybridized carbons (Fsp3) is 0.233. The van der Waals surface area contributed by atoms with E-state index in [1.54, 1.807) is 51.1 Å². The maximum Gasteiger partial charge on any atom is 0.348 e. The molecule has 0 bridgehead atoms. The minimum absolute atomic E-state index is 0.123. The van der Waals surface area contributed by atoms with E-state index in [0.29, 0.717) is 31.8 Å². The number of nitriles is 2. The van der Waals surface area contributed by atoms with Crippen molar-refractivity contribution in [2.24, 2.45) is 0 Å². The molecule has 0 fully saturated rings. The summed E-state index contributed by atoms with van der Waals surface area (Å²) in [5.41, 5.74) is 2.24. The van der Waals surface area contributed by atoms with E-state index in [0.717, 1.165) is 16.9 Å². The monoisotopic (exact) mass is 620 g/mol. The Morgan fingerprint density at radius 2 is 1.73 bits per heavy atom. The number of carbonyl (C=O) groups excluding carboxylic acids is 3. The van der Waals surface area contributed by atoms with Crippen molar-refractivity contribution in [1.29, 1.82) is 10.5 Å². The lowest BCUT2D eigenvalue weighted by molar-refractivity contribution is -0.114. The van der Waals surface area contributed by atoms with Crippen molar-refractivity contribution >= 4 is 51.1 Å². The molecule has 1 heterocycles. The Balaban J connectivity index is 1.83. The zero-order valence-electron chi connectivity index (χ0n) is 22.1. The van der Waals surface area contributed by atoms with Crippen molar-refractivity contribution in [3.8, 4) is 17.9 Å². The third-order valence-electron chi connectivity index (χ3n) is 5.69. The third kappa shape index (κ3) is 7.23. The maximum atomic E-state index is 13.2. The summed E-state index contributed by atoms with van der Waals surface area (Å²) in [5, 5.41) is 19.0. The molecule has 0 aliphatic heterocycles. The molecule has 0 amide bonds. The summed E-state index contributed by atoms with van der Waals surface area (Å²) in [6.45, 7) is 5.41. The van der Waals surface area contributed by atoms with Crippen LogP contribution in [0.5, 0.6) is 5.75 Å². The molecule has 0 radical (unpaired) electrons. The summed E-state index contributed by atoms with van der Waals surface area (Å²) >= 11 is 4.44. The number of esters is 2. The number of halogens is 1. The number of carbonyl (C=O) groups is 3. The number of benzene rings is 2. The van der Waals surface area contributed by atoms with Gasteiger partial charge in [-0.1, -0.05) is 24.3 Å². The Labute approximate surface area is 244 Å². The van der Waals surface area contributed by atoms with Crippen LogP contribution in [-0.2, 0) is 27.3 Å². The van der Waals surface area contributed by atoms with Crippen molar-refractivity contribution < 1.29 is 28.6 Å². The largest absolute Gasteiger partial charge is 0.488 e. The fourth-order valence-corrected chi connectivity index (χ4v) is 5.47. The number of thiophene rings is 1. The summed E-state index contributed by atoms with van der Waals surface area (Å²) in [6, 6.07) is 16.3. The van der Waals surface area contributed by atoms with Crippen LogP contribution in [0.25, 0.3) is 6.08 Å². The molecule has 0 saturated heterocycles. The second-order valence-electron chi connectivity index (χ2n) is 8.31. The molecule has 10 heteroatoms. The molecule has 0 aliphatic carbocycles. The summed E-state index contributed by atoms with van der Waals surface area (Å²) in [5.74, 6) is -1.23. The van der Waals surface area contributed by atoms with E-state index >= 15 is 0 Å². The Bertz CT molecular complexity index is 1560. The van der Waals surface area contributed by atoms with Gasteiger partial charge in [-0.15, -0.1) is 11.3 Å². The highest BCUT2D eigenvalue weighted by Gasteiger charge is 2.28. The van der Waals surface area contributed by atoms with Crippen molar-refractivity contribution in [3.63, 3.8) is 0 Å². The van der Waals surface area contributed by atoms with Crippen LogP contribution >= 0.6 is 27.3 Å². The van der Waals surface area contributed by atoms with Crippen LogP contribution in [0, 0.1) is 29.6 Å². The van der Waals surface area contributed by atoms with Gasteiger partial charge in [-0.2, -0.15) is 10.5 Å². The van der Waals surface area contributed by atoms with Gasteiger partial charge in [0.2, 0.25) is 0 Å². The van der Waals surface area contributed by atoms with Gasteiger partial charge in [-0.05, 0) is 72.1 Å². The molecule has 40 heavy (non-hydrogen) atoms. The van der Waals surface area contributed by atoms with Crippen LogP contribution in [0.1, 0.15) is 61.0 Å². The molecule has 1 aromatic heterocycles. The molecule has 0 atom stereocenters. The van der Waals surface area contributed by atoms with Gasteiger partial charge in [0.05, 0.1) is 40.5 Å². The van der Waals surface area contributed by atoms with Gasteiger partial charge in [-0.25, -0.2) is 9.59 Å². The molecule has 0 N–H and O–H groups in total. The highest BCUT2D eigenvalue weighted by Crippen LogP contribution is 2.32. The number of allylic oxidation sites excluding steroid dienone is 1. The molecule has 8 nitrogen and oxygen atoms in total. The molecule has 0 spiro atoms. The average Bonchev–Trinajstić information content (AvgIpc) is 3.26. The molecule has 2 aromatic carbocycles. The molecule has 0 aliphatic rings. The highest BCUT2D eigenvalue weighted by molar-refractivity contribution is 9.10. The van der Waals surface area contributed by atoms with E-state index in [2.05, 4.69) is 22.0 Å². The first-order chi connectivity index (χ1) is 19.2. The number of nitrogens with zero attached hydrogens (tertiary/aromatic N) is 2. The minimum atomic E-state index is -0.644. The number of rotatable bonds is 11. The van der Waals surface area contributed by atoms with Gasteiger partial charge in [0.25, 0.3) is 0 Å². The fourth-order valence-electron chi connectivity index (χ4n) is 3.78. The summed E-state index contributed by atoms with van der Waals surface area (Å²) in [4.78, 5) is 38.8. The Morgan fingerprint density at radius 3 is 2.38 bits per heavy atom. The van der Waals surface area contributed by atoms with Gasteiger partial charge >= 0.3 is 11.9 Å². The first-order valence-electron chi connectivity index (χ1n) is 12.3. The van der Waals surface area contributed by atoms with Gasteiger partial charge in [-0.3, -0.25) is 4.79 Å². The van der Waals surface area contributed by atoms with Crippen LogP contribution in [0.3, 0.4) is 0 Å². The average molecular weight is 622 g/mol. The Morgan fingerprint density at radius 1 is 1.02 bits per heavy atom. The van der Waals surface area contributed by atoms with E-state index < -0.39 is 17.7 Å². The van der Waals surface area contributed by atoms with E-state index in [4.69, 9.17) is 14.2 Å². The third-order valence-corrected chi connectivity index (χ3v) is 7.58. The van der Waals surface area contributed by atoms with Crippen LogP contribution in [0.2, 0.25) is 0 Å². The minimum Gasteiger partial charge on any atom is -0.488 e. The summed E-state index contributed by atoms with van der Waals surface area (Å²) in [6.07, 6.45) is 1.18. The van der Waals surface area contributed by atoms with Crippen molar-refractivity contribution in [2.75, 3.05) is 13.2 Å². The van der Waals surface area contributed by atoms with Gasteiger partial charge in [0, 0.05) is 16.9 Å².